The highest BCUT2D eigenvalue weighted by Crippen LogP contribution is 2.32. The van der Waals surface area contributed by atoms with E-state index in [2.05, 4.69) is 27.2 Å². The average molecular weight is 400 g/mol. The van der Waals surface area contributed by atoms with Crippen molar-refractivity contribution in [2.75, 3.05) is 25.5 Å². The van der Waals surface area contributed by atoms with Gasteiger partial charge in [0.05, 0.1) is 16.9 Å². The number of H-pyrrole nitrogens is 1. The van der Waals surface area contributed by atoms with Crippen LogP contribution in [0.5, 0.6) is 5.75 Å². The summed E-state index contributed by atoms with van der Waals surface area (Å²) >= 11 is 6.44. The zero-order valence-corrected chi connectivity index (χ0v) is 16.6. The second-order valence-corrected chi connectivity index (χ2v) is 7.51. The second kappa shape index (κ2) is 7.77. The number of esters is 1. The Labute approximate surface area is 168 Å². The van der Waals surface area contributed by atoms with Crippen LogP contribution < -0.4 is 10.1 Å². The van der Waals surface area contributed by atoms with Gasteiger partial charge in [-0.05, 0) is 57.2 Å². The molecule has 3 aromatic rings. The number of anilines is 1. The summed E-state index contributed by atoms with van der Waals surface area (Å²) in [6.45, 7) is 3.50. The molecule has 0 aliphatic carbocycles. The van der Waals surface area contributed by atoms with Gasteiger partial charge in [-0.1, -0.05) is 11.6 Å². The van der Waals surface area contributed by atoms with Crippen LogP contribution in [0.2, 0.25) is 5.02 Å². The van der Waals surface area contributed by atoms with Gasteiger partial charge in [0.15, 0.2) is 5.65 Å². The third kappa shape index (κ3) is 3.95. The maximum atomic E-state index is 11.1. The van der Waals surface area contributed by atoms with Crippen LogP contribution in [0.15, 0.2) is 30.5 Å². The van der Waals surface area contributed by atoms with E-state index < -0.39 is 0 Å². The first-order valence-electron chi connectivity index (χ1n) is 9.28. The summed E-state index contributed by atoms with van der Waals surface area (Å²) in [6.07, 6.45) is 3.77. The summed E-state index contributed by atoms with van der Waals surface area (Å²) in [5.41, 5.74) is 3.10. The number of aromatic nitrogens is 3. The highest BCUT2D eigenvalue weighted by Gasteiger charge is 2.20. The van der Waals surface area contributed by atoms with Gasteiger partial charge in [0.1, 0.15) is 17.1 Å². The van der Waals surface area contributed by atoms with Crippen molar-refractivity contribution in [2.45, 2.75) is 25.8 Å². The fourth-order valence-electron chi connectivity index (χ4n) is 3.41. The van der Waals surface area contributed by atoms with Crippen molar-refractivity contribution in [1.82, 2.24) is 19.9 Å². The number of nitrogens with one attached hydrogen (secondary N) is 2. The maximum absolute atomic E-state index is 11.1. The van der Waals surface area contributed by atoms with E-state index >= 15 is 0 Å². The molecule has 0 radical (unpaired) electrons. The third-order valence-electron chi connectivity index (χ3n) is 4.92. The van der Waals surface area contributed by atoms with Crippen LogP contribution in [0.25, 0.3) is 22.6 Å². The van der Waals surface area contributed by atoms with Crippen LogP contribution in [-0.4, -0.2) is 52.0 Å². The molecule has 1 aliphatic rings. The number of fused-ring (bicyclic) bond motifs is 1. The normalized spacial score (nSPS) is 15.7. The van der Waals surface area contributed by atoms with Gasteiger partial charge in [-0.3, -0.25) is 4.79 Å². The minimum absolute atomic E-state index is 0.347. The van der Waals surface area contributed by atoms with E-state index in [-0.39, 0.29) is 5.97 Å². The zero-order chi connectivity index (χ0) is 19.7. The molecule has 1 aliphatic heterocycles. The van der Waals surface area contributed by atoms with E-state index in [0.29, 0.717) is 28.3 Å². The van der Waals surface area contributed by atoms with Crippen LogP contribution in [0.1, 0.15) is 19.8 Å². The molecule has 0 bridgehead atoms. The van der Waals surface area contributed by atoms with Crippen LogP contribution in [0.4, 0.5) is 5.69 Å². The Kier molecular flexibility index (Phi) is 5.19. The molecular formula is C20H22ClN5O2. The molecular weight excluding hydrogens is 378 g/mol. The minimum Gasteiger partial charge on any atom is -0.427 e. The summed E-state index contributed by atoms with van der Waals surface area (Å²) < 4.78 is 5.08. The molecule has 0 unspecified atom stereocenters. The van der Waals surface area contributed by atoms with Crippen LogP contribution in [0, 0.1) is 0 Å². The molecule has 1 saturated heterocycles. The first-order valence-corrected chi connectivity index (χ1v) is 9.65. The quantitative estimate of drug-likeness (QED) is 0.514. The Bertz CT molecular complexity index is 994. The van der Waals surface area contributed by atoms with Crippen molar-refractivity contribution in [3.63, 3.8) is 0 Å². The molecule has 0 amide bonds. The number of hydrogen-bond acceptors (Lipinski definition) is 6. The van der Waals surface area contributed by atoms with Gasteiger partial charge in [-0.25, -0.2) is 9.97 Å². The number of aromatic amines is 1. The van der Waals surface area contributed by atoms with Gasteiger partial charge in [-0.15, -0.1) is 0 Å². The van der Waals surface area contributed by atoms with Gasteiger partial charge < -0.3 is 19.9 Å². The highest BCUT2D eigenvalue weighted by atomic mass is 35.5. The van der Waals surface area contributed by atoms with Crippen molar-refractivity contribution in [1.29, 1.82) is 0 Å². The summed E-state index contributed by atoms with van der Waals surface area (Å²) in [5.74, 6) is 0.837. The molecule has 2 aromatic heterocycles. The number of ether oxygens (including phenoxy) is 1. The van der Waals surface area contributed by atoms with E-state index in [1.54, 1.807) is 18.3 Å². The molecule has 7 nitrogen and oxygen atoms in total. The van der Waals surface area contributed by atoms with Gasteiger partial charge in [0.25, 0.3) is 0 Å². The van der Waals surface area contributed by atoms with Crippen molar-refractivity contribution >= 4 is 34.4 Å². The molecule has 3 heterocycles. The Morgan fingerprint density at radius 1 is 1.29 bits per heavy atom. The lowest BCUT2D eigenvalue weighted by atomic mass is 10.1. The smallest absolute Gasteiger partial charge is 0.308 e. The molecule has 146 valence electrons. The first kappa shape index (κ1) is 18.7. The van der Waals surface area contributed by atoms with Gasteiger partial charge >= 0.3 is 5.97 Å². The van der Waals surface area contributed by atoms with Gasteiger partial charge in [0.2, 0.25) is 0 Å². The monoisotopic (exact) mass is 399 g/mol. The number of hydrogen-bond donors (Lipinski definition) is 2. The molecule has 28 heavy (non-hydrogen) atoms. The van der Waals surface area contributed by atoms with Crippen molar-refractivity contribution < 1.29 is 9.53 Å². The van der Waals surface area contributed by atoms with E-state index in [1.807, 2.05) is 12.1 Å². The van der Waals surface area contributed by atoms with Crippen LogP contribution in [0.3, 0.4) is 0 Å². The van der Waals surface area contributed by atoms with Crippen molar-refractivity contribution in [3.05, 3.63) is 35.5 Å². The van der Waals surface area contributed by atoms with Gasteiger partial charge in [0, 0.05) is 18.5 Å². The molecule has 4 rings (SSSR count). The Balaban J connectivity index is 1.62. The summed E-state index contributed by atoms with van der Waals surface area (Å²) in [7, 11) is 2.14. The Morgan fingerprint density at radius 2 is 2.00 bits per heavy atom. The SMILES string of the molecule is CC(=O)Oc1ccc(-c2nc3c(NC4CCN(C)CC4)c(Cl)cnc3[nH]2)cc1. The molecule has 0 saturated carbocycles. The fraction of sp³-hybridized carbons (Fsp3) is 0.350. The Morgan fingerprint density at radius 3 is 2.68 bits per heavy atom. The number of benzene rings is 1. The van der Waals surface area contributed by atoms with Crippen molar-refractivity contribution in [2.24, 2.45) is 0 Å². The number of piperidine rings is 1. The average Bonchev–Trinajstić information content (AvgIpc) is 3.10. The van der Waals surface area contributed by atoms with Gasteiger partial charge in [-0.2, -0.15) is 0 Å². The Hall–Kier alpha value is -2.64. The highest BCUT2D eigenvalue weighted by molar-refractivity contribution is 6.34. The van der Waals surface area contributed by atoms with E-state index in [1.165, 1.54) is 6.92 Å². The standard InChI is InChI=1S/C20H22ClN5O2/c1-12(27)28-15-5-3-13(4-6-15)19-24-18-17(16(21)11-22-20(18)25-19)23-14-7-9-26(2)10-8-14/h3-6,11,14H,7-10H2,1-2H3,(H2,22,23,24,25). The van der Waals surface area contributed by atoms with Crippen LogP contribution in [-0.2, 0) is 4.79 Å². The number of rotatable bonds is 4. The predicted octanol–water partition coefficient (Wildman–Crippen LogP) is 3.71. The largest absolute Gasteiger partial charge is 0.427 e. The third-order valence-corrected chi connectivity index (χ3v) is 5.21. The minimum atomic E-state index is -0.347. The lowest BCUT2D eigenvalue weighted by molar-refractivity contribution is -0.131. The predicted molar refractivity (Wildman–Crippen MR) is 110 cm³/mol. The topological polar surface area (TPSA) is 83.1 Å². The number of nitrogens with zero attached hydrogens (tertiary/aromatic N) is 3. The van der Waals surface area contributed by atoms with Crippen molar-refractivity contribution in [3.8, 4) is 17.1 Å². The summed E-state index contributed by atoms with van der Waals surface area (Å²) in [4.78, 5) is 25.8. The molecule has 2 N–H and O–H groups in total. The van der Waals surface area contributed by atoms with Crippen LogP contribution >= 0.6 is 11.6 Å². The number of carbonyl (C=O) groups is 1. The number of halogens is 1. The molecule has 8 heteroatoms. The molecule has 1 fully saturated rings. The maximum Gasteiger partial charge on any atom is 0.308 e. The molecule has 0 spiro atoms. The van der Waals surface area contributed by atoms with E-state index in [0.717, 1.165) is 42.7 Å². The number of pyridine rings is 1. The van der Waals surface area contributed by atoms with E-state index in [9.17, 15) is 4.79 Å². The van der Waals surface area contributed by atoms with E-state index in [4.69, 9.17) is 21.3 Å². The number of imidazole rings is 1. The number of carbonyl (C=O) groups excluding carboxylic acids is 1. The summed E-state index contributed by atoms with van der Waals surface area (Å²) in [6, 6.07) is 7.54. The molecule has 1 aromatic carbocycles. The second-order valence-electron chi connectivity index (χ2n) is 7.10. The number of likely N-dealkylation sites (tertiary alicyclic amines) is 1. The molecule has 0 atom stereocenters. The zero-order valence-electron chi connectivity index (χ0n) is 15.8. The lowest BCUT2D eigenvalue weighted by Crippen LogP contribution is -2.36. The summed E-state index contributed by atoms with van der Waals surface area (Å²) in [5, 5.41) is 4.13. The fourth-order valence-corrected chi connectivity index (χ4v) is 3.60. The lowest BCUT2D eigenvalue weighted by Gasteiger charge is -2.30. The first-order chi connectivity index (χ1) is 13.5.